The molecule has 2 aliphatic heterocycles. The zero-order chi connectivity index (χ0) is 25.1. The molecule has 0 bridgehead atoms. The van der Waals surface area contributed by atoms with E-state index in [-0.39, 0.29) is 6.85 Å². The van der Waals surface area contributed by atoms with E-state index in [9.17, 15) is 0 Å². The largest absolute Gasteiger partial charge is 0.376 e. The van der Waals surface area contributed by atoms with Crippen molar-refractivity contribution < 1.29 is 0 Å². The van der Waals surface area contributed by atoms with Crippen molar-refractivity contribution in [1.82, 2.24) is 4.98 Å². The second-order valence-corrected chi connectivity index (χ2v) is 10.0. The van der Waals surface area contributed by atoms with Gasteiger partial charge in [0.05, 0.1) is 0 Å². The van der Waals surface area contributed by atoms with Crippen molar-refractivity contribution in [3.05, 3.63) is 140 Å². The van der Waals surface area contributed by atoms with Gasteiger partial charge in [0, 0.05) is 40.5 Å². The van der Waals surface area contributed by atoms with Crippen LogP contribution in [0.1, 0.15) is 0 Å². The van der Waals surface area contributed by atoms with Crippen molar-refractivity contribution in [2.24, 2.45) is 0 Å². The predicted octanol–water partition coefficient (Wildman–Crippen LogP) is 7.32. The van der Waals surface area contributed by atoms with E-state index in [1.54, 1.807) is 0 Å². The third-order valence-corrected chi connectivity index (χ3v) is 7.96. The number of hydrogen-bond acceptors (Lipinski definition) is 2. The van der Waals surface area contributed by atoms with Crippen molar-refractivity contribution >= 4 is 29.1 Å². The van der Waals surface area contributed by atoms with Gasteiger partial charge in [-0.1, -0.05) is 97.1 Å². The van der Waals surface area contributed by atoms with E-state index < -0.39 is 0 Å². The first-order chi connectivity index (χ1) is 18.9. The van der Waals surface area contributed by atoms with Crippen LogP contribution in [0.4, 0.5) is 11.4 Å². The van der Waals surface area contributed by atoms with E-state index in [0.29, 0.717) is 0 Å². The van der Waals surface area contributed by atoms with Gasteiger partial charge in [0.25, 0.3) is 0 Å². The van der Waals surface area contributed by atoms with Gasteiger partial charge < -0.3 is 4.81 Å². The summed E-state index contributed by atoms with van der Waals surface area (Å²) in [4.78, 5) is 6.86. The molecule has 0 fully saturated rings. The maximum Gasteiger partial charge on any atom is 0.329 e. The molecule has 0 atom stereocenters. The number of anilines is 2. The standard InChI is InChI=1S/C35H23BN2/c1-4-15-32-28(12-1)30-14-3-6-17-34(30)38-35-19-18-26(22-31(35)29-13-2-5-16-33(29)36(32)38)24-9-7-10-25(21-24)27-11-8-20-37-23-27/h1-23H. The van der Waals surface area contributed by atoms with Gasteiger partial charge in [0.15, 0.2) is 0 Å². The molecule has 38 heavy (non-hydrogen) atoms. The summed E-state index contributed by atoms with van der Waals surface area (Å²) in [6, 6.07) is 46.4. The summed E-state index contributed by atoms with van der Waals surface area (Å²) >= 11 is 0. The molecule has 2 aliphatic rings. The molecular weight excluding hydrogens is 459 g/mol. The number of pyridine rings is 1. The van der Waals surface area contributed by atoms with Gasteiger partial charge >= 0.3 is 6.85 Å². The summed E-state index contributed by atoms with van der Waals surface area (Å²) in [5.74, 6) is 0. The lowest BCUT2D eigenvalue weighted by Crippen LogP contribution is -2.59. The number of rotatable bonds is 2. The van der Waals surface area contributed by atoms with Crippen LogP contribution in [0.25, 0.3) is 44.5 Å². The molecule has 2 nitrogen and oxygen atoms in total. The normalized spacial score (nSPS) is 12.6. The highest BCUT2D eigenvalue weighted by atomic mass is 15.1. The summed E-state index contributed by atoms with van der Waals surface area (Å²) in [6.45, 7) is 0.143. The molecule has 0 saturated heterocycles. The quantitative estimate of drug-likeness (QED) is 0.241. The lowest BCUT2D eigenvalue weighted by Gasteiger charge is -2.43. The molecule has 0 aliphatic carbocycles. The summed E-state index contributed by atoms with van der Waals surface area (Å²) in [5, 5.41) is 0. The zero-order valence-electron chi connectivity index (χ0n) is 20.8. The smallest absolute Gasteiger partial charge is 0.329 e. The molecule has 0 spiro atoms. The van der Waals surface area contributed by atoms with Crippen molar-refractivity contribution in [1.29, 1.82) is 0 Å². The van der Waals surface area contributed by atoms with Crippen molar-refractivity contribution in [3.8, 4) is 44.5 Å². The highest BCUT2D eigenvalue weighted by Crippen LogP contribution is 2.46. The molecule has 8 rings (SSSR count). The molecule has 3 heterocycles. The van der Waals surface area contributed by atoms with Gasteiger partial charge in [-0.15, -0.1) is 0 Å². The Balaban J connectivity index is 1.34. The number of benzene rings is 5. The summed E-state index contributed by atoms with van der Waals surface area (Å²) in [6.07, 6.45) is 3.74. The first kappa shape index (κ1) is 21.2. The topological polar surface area (TPSA) is 16.1 Å². The second-order valence-electron chi connectivity index (χ2n) is 10.0. The highest BCUT2D eigenvalue weighted by molar-refractivity contribution is 6.92. The monoisotopic (exact) mass is 482 g/mol. The van der Waals surface area contributed by atoms with Crippen molar-refractivity contribution in [3.63, 3.8) is 0 Å². The lowest BCUT2D eigenvalue weighted by molar-refractivity contribution is 1.33. The fourth-order valence-corrected chi connectivity index (χ4v) is 6.28. The van der Waals surface area contributed by atoms with Gasteiger partial charge in [-0.2, -0.15) is 0 Å². The Morgan fingerprint density at radius 2 is 1.05 bits per heavy atom. The van der Waals surface area contributed by atoms with E-state index >= 15 is 0 Å². The fourth-order valence-electron chi connectivity index (χ4n) is 6.28. The molecule has 0 saturated carbocycles. The second kappa shape index (κ2) is 8.32. The third-order valence-electron chi connectivity index (χ3n) is 7.96. The Labute approximate surface area is 223 Å². The molecule has 1 aromatic heterocycles. The first-order valence-corrected chi connectivity index (χ1v) is 13.1. The van der Waals surface area contributed by atoms with Gasteiger partial charge in [0.1, 0.15) is 0 Å². The number of nitrogens with zero attached hydrogens (tertiary/aromatic N) is 2. The van der Waals surface area contributed by atoms with Crippen LogP contribution >= 0.6 is 0 Å². The van der Waals surface area contributed by atoms with E-state index in [1.165, 1.54) is 61.2 Å². The van der Waals surface area contributed by atoms with Crippen LogP contribution in [0.2, 0.25) is 0 Å². The summed E-state index contributed by atoms with van der Waals surface area (Å²) in [7, 11) is 0. The van der Waals surface area contributed by atoms with Gasteiger partial charge in [-0.05, 0) is 69.1 Å². The Kier molecular flexibility index (Phi) is 4.65. The van der Waals surface area contributed by atoms with Crippen molar-refractivity contribution in [2.75, 3.05) is 4.81 Å². The number of fused-ring (bicyclic) bond motifs is 11. The zero-order valence-corrected chi connectivity index (χ0v) is 20.8. The minimum absolute atomic E-state index is 0.143. The molecule has 6 aromatic rings. The van der Waals surface area contributed by atoms with E-state index in [0.717, 1.165) is 5.56 Å². The summed E-state index contributed by atoms with van der Waals surface area (Å²) < 4.78 is 0. The van der Waals surface area contributed by atoms with Crippen LogP contribution in [0, 0.1) is 0 Å². The van der Waals surface area contributed by atoms with Crippen LogP contribution in [0.5, 0.6) is 0 Å². The third kappa shape index (κ3) is 3.12. The molecule has 176 valence electrons. The average Bonchev–Trinajstić information content (AvgIpc) is 3.01. The highest BCUT2D eigenvalue weighted by Gasteiger charge is 2.41. The van der Waals surface area contributed by atoms with Crippen LogP contribution < -0.4 is 15.7 Å². The fraction of sp³-hybridized carbons (Fsp3) is 0. The predicted molar refractivity (Wildman–Crippen MR) is 160 cm³/mol. The van der Waals surface area contributed by atoms with Gasteiger partial charge in [0.2, 0.25) is 0 Å². The summed E-state index contributed by atoms with van der Waals surface area (Å²) in [5.41, 5.74) is 15.1. The molecular formula is C35H23BN2. The van der Waals surface area contributed by atoms with Gasteiger partial charge in [-0.25, -0.2) is 0 Å². The molecule has 0 unspecified atom stereocenters. The number of hydrogen-bond donors (Lipinski definition) is 0. The molecule has 3 heteroatoms. The Morgan fingerprint density at radius 3 is 1.82 bits per heavy atom. The number of para-hydroxylation sites is 1. The average molecular weight is 482 g/mol. The van der Waals surface area contributed by atoms with E-state index in [2.05, 4.69) is 131 Å². The molecule has 0 radical (unpaired) electrons. The Hall–Kier alpha value is -4.89. The maximum atomic E-state index is 4.31. The van der Waals surface area contributed by atoms with Gasteiger partial charge in [-0.3, -0.25) is 4.98 Å². The Bertz CT molecular complexity index is 1840. The molecule has 5 aromatic carbocycles. The first-order valence-electron chi connectivity index (χ1n) is 13.1. The minimum Gasteiger partial charge on any atom is -0.376 e. The molecule has 0 N–H and O–H groups in total. The number of aromatic nitrogens is 1. The maximum absolute atomic E-state index is 4.31. The van der Waals surface area contributed by atoms with Crippen LogP contribution in [0.3, 0.4) is 0 Å². The van der Waals surface area contributed by atoms with E-state index in [1.807, 2.05) is 18.5 Å². The Morgan fingerprint density at radius 1 is 0.447 bits per heavy atom. The van der Waals surface area contributed by atoms with Crippen LogP contribution in [0.15, 0.2) is 140 Å². The van der Waals surface area contributed by atoms with Crippen LogP contribution in [-0.4, -0.2) is 11.8 Å². The SMILES string of the molecule is c1cncc(-c2cccc(-c3ccc4c(c3)-c3ccccc3B3c5ccccc5-c5ccccc5N34)c2)c1. The van der Waals surface area contributed by atoms with E-state index in [4.69, 9.17) is 0 Å². The van der Waals surface area contributed by atoms with Crippen LogP contribution in [-0.2, 0) is 0 Å². The minimum atomic E-state index is 0.143. The van der Waals surface area contributed by atoms with Crippen molar-refractivity contribution in [2.45, 2.75) is 0 Å². The lowest BCUT2D eigenvalue weighted by atomic mass is 9.43. The molecule has 0 amide bonds.